The van der Waals surface area contributed by atoms with Crippen LogP contribution in [-0.2, 0) is 0 Å². The topological polar surface area (TPSA) is 15.3 Å². The van der Waals surface area contributed by atoms with Gasteiger partial charge < -0.3 is 10.2 Å². The third-order valence-electron chi connectivity index (χ3n) is 4.31. The number of nitrogens with zero attached hydrogens (tertiary/aromatic N) is 1. The smallest absolute Gasteiger partial charge is 0.169 e. The van der Waals surface area contributed by atoms with Gasteiger partial charge in [-0.3, -0.25) is 0 Å². The van der Waals surface area contributed by atoms with Crippen molar-refractivity contribution in [3.63, 3.8) is 0 Å². The molecule has 0 spiro atoms. The fourth-order valence-electron chi connectivity index (χ4n) is 3.35. The number of thiocarbonyl (C=S) groups is 1. The Labute approximate surface area is 111 Å². The minimum Gasteiger partial charge on any atom is -0.363 e. The molecule has 2 aliphatic rings. The fourth-order valence-corrected chi connectivity index (χ4v) is 3.68. The van der Waals surface area contributed by atoms with Crippen molar-refractivity contribution in [2.75, 3.05) is 13.1 Å². The van der Waals surface area contributed by atoms with Crippen molar-refractivity contribution in [1.29, 1.82) is 0 Å². The molecule has 2 rings (SSSR count). The minimum atomic E-state index is 0.749. The molecule has 1 saturated carbocycles. The monoisotopic (exact) mass is 254 g/mol. The molecule has 2 atom stereocenters. The highest BCUT2D eigenvalue weighted by Crippen LogP contribution is 2.35. The SMILES string of the molecule is CCCCNC(=S)N1CCCC2CCCCC21. The van der Waals surface area contributed by atoms with Gasteiger partial charge in [-0.1, -0.05) is 26.2 Å². The van der Waals surface area contributed by atoms with Gasteiger partial charge in [0.25, 0.3) is 0 Å². The van der Waals surface area contributed by atoms with Crippen molar-refractivity contribution >= 4 is 17.3 Å². The van der Waals surface area contributed by atoms with Gasteiger partial charge in [0.05, 0.1) is 0 Å². The van der Waals surface area contributed by atoms with E-state index in [-0.39, 0.29) is 0 Å². The highest BCUT2D eigenvalue weighted by atomic mass is 32.1. The third-order valence-corrected chi connectivity index (χ3v) is 4.69. The maximum absolute atomic E-state index is 5.57. The van der Waals surface area contributed by atoms with Crippen molar-refractivity contribution in [2.45, 2.75) is 64.3 Å². The summed E-state index contributed by atoms with van der Waals surface area (Å²) in [5.41, 5.74) is 0. The first-order chi connectivity index (χ1) is 8.33. The van der Waals surface area contributed by atoms with Crippen LogP contribution in [0.15, 0.2) is 0 Å². The first kappa shape index (κ1) is 13.1. The molecule has 3 heteroatoms. The molecule has 0 aromatic heterocycles. The highest BCUT2D eigenvalue weighted by Gasteiger charge is 2.34. The molecule has 0 aromatic rings. The van der Waals surface area contributed by atoms with Crippen molar-refractivity contribution in [3.8, 4) is 0 Å². The molecule has 1 aliphatic heterocycles. The molecule has 0 amide bonds. The maximum Gasteiger partial charge on any atom is 0.169 e. The van der Waals surface area contributed by atoms with E-state index in [1.165, 1.54) is 57.9 Å². The van der Waals surface area contributed by atoms with Crippen LogP contribution in [0.5, 0.6) is 0 Å². The number of hydrogen-bond acceptors (Lipinski definition) is 1. The Morgan fingerprint density at radius 3 is 2.82 bits per heavy atom. The van der Waals surface area contributed by atoms with Crippen LogP contribution in [0, 0.1) is 5.92 Å². The van der Waals surface area contributed by atoms with E-state index in [0.29, 0.717) is 0 Å². The number of piperidine rings is 1. The quantitative estimate of drug-likeness (QED) is 0.614. The molecule has 2 nitrogen and oxygen atoms in total. The molecule has 0 aromatic carbocycles. The molecule has 17 heavy (non-hydrogen) atoms. The first-order valence-electron chi connectivity index (χ1n) is 7.37. The van der Waals surface area contributed by atoms with Crippen LogP contribution in [0.4, 0.5) is 0 Å². The van der Waals surface area contributed by atoms with Crippen LogP contribution in [-0.4, -0.2) is 29.1 Å². The first-order valence-corrected chi connectivity index (χ1v) is 7.78. The van der Waals surface area contributed by atoms with Gasteiger partial charge in [-0.05, 0) is 50.2 Å². The van der Waals surface area contributed by atoms with Crippen molar-refractivity contribution < 1.29 is 0 Å². The van der Waals surface area contributed by atoms with E-state index >= 15 is 0 Å². The lowest BCUT2D eigenvalue weighted by Crippen LogP contribution is -2.53. The zero-order valence-electron chi connectivity index (χ0n) is 11.1. The second kappa shape index (κ2) is 6.58. The average Bonchev–Trinajstić information content (AvgIpc) is 2.38. The minimum absolute atomic E-state index is 0.749. The normalized spacial score (nSPS) is 28.6. The largest absolute Gasteiger partial charge is 0.363 e. The van der Waals surface area contributed by atoms with Crippen LogP contribution in [0.25, 0.3) is 0 Å². The van der Waals surface area contributed by atoms with E-state index < -0.39 is 0 Å². The molecule has 1 heterocycles. The molecule has 1 aliphatic carbocycles. The predicted octanol–water partition coefficient (Wildman–Crippen LogP) is 3.32. The number of nitrogens with one attached hydrogen (secondary N) is 1. The van der Waals surface area contributed by atoms with Gasteiger partial charge >= 0.3 is 0 Å². The average molecular weight is 254 g/mol. The number of rotatable bonds is 3. The molecule has 2 fully saturated rings. The van der Waals surface area contributed by atoms with Gasteiger partial charge in [-0.15, -0.1) is 0 Å². The summed E-state index contributed by atoms with van der Waals surface area (Å²) in [7, 11) is 0. The van der Waals surface area contributed by atoms with E-state index in [2.05, 4.69) is 17.1 Å². The Bertz CT molecular complexity index is 253. The van der Waals surface area contributed by atoms with Crippen LogP contribution >= 0.6 is 12.2 Å². The summed E-state index contributed by atoms with van der Waals surface area (Å²) < 4.78 is 0. The van der Waals surface area contributed by atoms with Crippen LogP contribution in [0.3, 0.4) is 0 Å². The van der Waals surface area contributed by atoms with Crippen molar-refractivity contribution in [2.24, 2.45) is 5.92 Å². The number of unbranched alkanes of at least 4 members (excludes halogenated alkanes) is 1. The van der Waals surface area contributed by atoms with Crippen molar-refractivity contribution in [1.82, 2.24) is 10.2 Å². The molecular weight excluding hydrogens is 228 g/mol. The second-order valence-corrected chi connectivity index (χ2v) is 5.92. The zero-order chi connectivity index (χ0) is 12.1. The summed E-state index contributed by atoms with van der Waals surface area (Å²) in [6.07, 6.45) is 10.8. The molecule has 1 saturated heterocycles. The highest BCUT2D eigenvalue weighted by molar-refractivity contribution is 7.80. The fraction of sp³-hybridized carbons (Fsp3) is 0.929. The summed E-state index contributed by atoms with van der Waals surface area (Å²) in [6.45, 7) is 4.45. The molecular formula is C14H26N2S. The van der Waals surface area contributed by atoms with E-state index in [9.17, 15) is 0 Å². The maximum atomic E-state index is 5.57. The van der Waals surface area contributed by atoms with Crippen LogP contribution in [0.2, 0.25) is 0 Å². The lowest BCUT2D eigenvalue weighted by Gasteiger charge is -2.45. The summed E-state index contributed by atoms with van der Waals surface area (Å²) in [4.78, 5) is 2.50. The van der Waals surface area contributed by atoms with E-state index in [0.717, 1.165) is 23.6 Å². The van der Waals surface area contributed by atoms with Gasteiger partial charge in [0.15, 0.2) is 5.11 Å². The Hall–Kier alpha value is -0.310. The Morgan fingerprint density at radius 1 is 1.24 bits per heavy atom. The third kappa shape index (κ3) is 3.34. The number of hydrogen-bond donors (Lipinski definition) is 1. The summed E-state index contributed by atoms with van der Waals surface area (Å²) in [6, 6.07) is 0.749. The lowest BCUT2D eigenvalue weighted by atomic mass is 9.78. The Kier molecular flexibility index (Phi) is 5.08. The van der Waals surface area contributed by atoms with E-state index in [4.69, 9.17) is 12.2 Å². The van der Waals surface area contributed by atoms with Gasteiger partial charge in [0.2, 0.25) is 0 Å². The Balaban J connectivity index is 1.87. The second-order valence-electron chi connectivity index (χ2n) is 5.53. The number of fused-ring (bicyclic) bond motifs is 1. The zero-order valence-corrected chi connectivity index (χ0v) is 11.9. The van der Waals surface area contributed by atoms with Gasteiger partial charge in [-0.25, -0.2) is 0 Å². The lowest BCUT2D eigenvalue weighted by molar-refractivity contribution is 0.118. The van der Waals surface area contributed by atoms with Gasteiger partial charge in [-0.2, -0.15) is 0 Å². The Morgan fingerprint density at radius 2 is 2.00 bits per heavy atom. The summed E-state index contributed by atoms with van der Waals surface area (Å²) in [5, 5.41) is 4.47. The van der Waals surface area contributed by atoms with E-state index in [1.54, 1.807) is 0 Å². The standard InChI is InChI=1S/C14H26N2S/c1-2-3-10-15-14(17)16-11-6-8-12-7-4-5-9-13(12)16/h12-13H,2-11H2,1H3,(H,15,17). The molecule has 0 radical (unpaired) electrons. The summed E-state index contributed by atoms with van der Waals surface area (Å²) >= 11 is 5.57. The predicted molar refractivity (Wildman–Crippen MR) is 77.2 cm³/mol. The van der Waals surface area contributed by atoms with Crippen molar-refractivity contribution in [3.05, 3.63) is 0 Å². The summed E-state index contributed by atoms with van der Waals surface area (Å²) in [5.74, 6) is 0.920. The van der Waals surface area contributed by atoms with Crippen LogP contribution in [0.1, 0.15) is 58.3 Å². The van der Waals surface area contributed by atoms with Gasteiger partial charge in [0, 0.05) is 19.1 Å². The number of likely N-dealkylation sites (tertiary alicyclic amines) is 1. The van der Waals surface area contributed by atoms with E-state index in [1.807, 2.05) is 0 Å². The molecule has 98 valence electrons. The molecule has 1 N–H and O–H groups in total. The van der Waals surface area contributed by atoms with Gasteiger partial charge in [0.1, 0.15) is 0 Å². The molecule has 0 bridgehead atoms. The van der Waals surface area contributed by atoms with Crippen LogP contribution < -0.4 is 5.32 Å². The molecule has 2 unspecified atom stereocenters.